The molecule has 4 rings (SSSR count). The Bertz CT molecular complexity index is 915. The highest BCUT2D eigenvalue weighted by atomic mass is 19.4. The summed E-state index contributed by atoms with van der Waals surface area (Å²) in [6.07, 6.45) is -3.43. The Morgan fingerprint density at radius 1 is 1.07 bits per heavy atom. The highest BCUT2D eigenvalue weighted by Gasteiger charge is 2.40. The van der Waals surface area contributed by atoms with Gasteiger partial charge in [0.05, 0.1) is 11.1 Å². The zero-order chi connectivity index (χ0) is 19.2. The van der Waals surface area contributed by atoms with E-state index in [9.17, 15) is 18.0 Å². The van der Waals surface area contributed by atoms with Gasteiger partial charge in [0.1, 0.15) is 0 Å². The Hall–Kier alpha value is -2.76. The smallest absolute Gasteiger partial charge is 0.416 e. The van der Waals surface area contributed by atoms with Gasteiger partial charge < -0.3 is 10.1 Å². The Morgan fingerprint density at radius 2 is 1.78 bits per heavy atom. The Kier molecular flexibility index (Phi) is 4.21. The van der Waals surface area contributed by atoms with Crippen LogP contribution in [0.25, 0.3) is 5.57 Å². The predicted octanol–water partition coefficient (Wildman–Crippen LogP) is 4.78. The highest BCUT2D eigenvalue weighted by molar-refractivity contribution is 6.25. The van der Waals surface area contributed by atoms with E-state index in [-0.39, 0.29) is 34.4 Å². The Balaban J connectivity index is 1.77. The SMILES string of the molecule is Cc1ccc(C2=C(NC3CC3)OC(c3ccccc3)C2=O)cc1C(F)(F)F. The number of alkyl halides is 3. The maximum absolute atomic E-state index is 13.3. The summed E-state index contributed by atoms with van der Waals surface area (Å²) in [4.78, 5) is 13.1. The second-order valence-corrected chi connectivity index (χ2v) is 6.92. The maximum atomic E-state index is 13.3. The van der Waals surface area contributed by atoms with Crippen molar-refractivity contribution >= 4 is 11.4 Å². The molecule has 0 aromatic heterocycles. The van der Waals surface area contributed by atoms with Gasteiger partial charge in [-0.3, -0.25) is 4.79 Å². The van der Waals surface area contributed by atoms with Gasteiger partial charge in [-0.2, -0.15) is 13.2 Å². The van der Waals surface area contributed by atoms with Gasteiger partial charge in [-0.1, -0.05) is 42.5 Å². The molecule has 0 spiro atoms. The van der Waals surface area contributed by atoms with Crippen LogP contribution in [0, 0.1) is 6.92 Å². The first-order chi connectivity index (χ1) is 12.8. The third kappa shape index (κ3) is 3.44. The molecular weight excluding hydrogens is 355 g/mol. The minimum absolute atomic E-state index is 0.120. The molecule has 2 aromatic carbocycles. The van der Waals surface area contributed by atoms with E-state index in [2.05, 4.69) is 5.32 Å². The maximum Gasteiger partial charge on any atom is 0.416 e. The van der Waals surface area contributed by atoms with Crippen LogP contribution in [0.4, 0.5) is 13.2 Å². The number of carbonyl (C=O) groups is 1. The molecule has 1 saturated carbocycles. The number of benzene rings is 2. The number of hydrogen-bond acceptors (Lipinski definition) is 3. The van der Waals surface area contributed by atoms with Crippen molar-refractivity contribution in [3.63, 3.8) is 0 Å². The molecule has 140 valence electrons. The summed E-state index contributed by atoms with van der Waals surface area (Å²) in [5.74, 6) is -0.0605. The number of ketones is 1. The highest BCUT2D eigenvalue weighted by Crippen LogP contribution is 2.40. The quantitative estimate of drug-likeness (QED) is 0.839. The standard InChI is InChI=1S/C21H18F3NO2/c1-12-7-8-14(11-16(12)21(22,23)24)17-18(26)19(13-5-3-2-4-6-13)27-20(17)25-15-9-10-15/h2-8,11,15,19,25H,9-10H2,1H3. The second kappa shape index (κ2) is 6.44. The fourth-order valence-electron chi connectivity index (χ4n) is 3.20. The third-order valence-electron chi connectivity index (χ3n) is 4.79. The summed E-state index contributed by atoms with van der Waals surface area (Å²) < 4.78 is 45.8. The minimum Gasteiger partial charge on any atom is -0.462 e. The lowest BCUT2D eigenvalue weighted by atomic mass is 9.94. The second-order valence-electron chi connectivity index (χ2n) is 6.92. The van der Waals surface area contributed by atoms with Gasteiger partial charge >= 0.3 is 6.18 Å². The molecule has 2 aliphatic rings. The van der Waals surface area contributed by atoms with Crippen LogP contribution in [0.2, 0.25) is 0 Å². The van der Waals surface area contributed by atoms with Crippen molar-refractivity contribution in [3.8, 4) is 0 Å². The Labute approximate surface area is 154 Å². The molecule has 1 atom stereocenters. The number of halogens is 3. The van der Waals surface area contributed by atoms with E-state index in [0.717, 1.165) is 18.9 Å². The average Bonchev–Trinajstić information content (AvgIpc) is 3.38. The zero-order valence-corrected chi connectivity index (χ0v) is 14.6. The van der Waals surface area contributed by atoms with Crippen molar-refractivity contribution in [1.82, 2.24) is 5.32 Å². The number of nitrogens with one attached hydrogen (secondary N) is 1. The summed E-state index contributed by atoms with van der Waals surface area (Å²) in [5.41, 5.74) is 0.459. The number of carbonyl (C=O) groups excluding carboxylic acids is 1. The molecular formula is C21H18F3NO2. The molecule has 1 unspecified atom stereocenters. The van der Waals surface area contributed by atoms with Gasteiger partial charge in [-0.25, -0.2) is 0 Å². The number of aryl methyl sites for hydroxylation is 1. The number of hydrogen-bond donors (Lipinski definition) is 1. The molecule has 6 heteroatoms. The topological polar surface area (TPSA) is 38.3 Å². The molecule has 1 fully saturated rings. The van der Waals surface area contributed by atoms with Gasteiger partial charge in [0.25, 0.3) is 0 Å². The number of rotatable bonds is 4. The van der Waals surface area contributed by atoms with Crippen LogP contribution >= 0.6 is 0 Å². The molecule has 3 nitrogen and oxygen atoms in total. The first-order valence-electron chi connectivity index (χ1n) is 8.79. The molecule has 0 saturated heterocycles. The molecule has 1 N–H and O–H groups in total. The zero-order valence-electron chi connectivity index (χ0n) is 14.6. The van der Waals surface area contributed by atoms with Crippen LogP contribution in [-0.4, -0.2) is 11.8 Å². The van der Waals surface area contributed by atoms with Crippen molar-refractivity contribution in [2.24, 2.45) is 0 Å². The van der Waals surface area contributed by atoms with Gasteiger partial charge in [0.15, 0.2) is 12.0 Å². The fourth-order valence-corrected chi connectivity index (χ4v) is 3.20. The van der Waals surface area contributed by atoms with Gasteiger partial charge in [-0.15, -0.1) is 0 Å². The van der Waals surface area contributed by atoms with E-state index in [4.69, 9.17) is 4.74 Å². The number of Topliss-reactive ketones (excluding diaryl/α,β-unsaturated/α-hetero) is 1. The van der Waals surface area contributed by atoms with Gasteiger partial charge in [0, 0.05) is 11.6 Å². The van der Waals surface area contributed by atoms with Gasteiger partial charge in [-0.05, 0) is 37.0 Å². The molecule has 2 aromatic rings. The molecule has 27 heavy (non-hydrogen) atoms. The fraction of sp³-hybridized carbons (Fsp3) is 0.286. The molecule has 1 aliphatic heterocycles. The number of ether oxygens (including phenoxy) is 1. The first kappa shape index (κ1) is 17.6. The summed E-state index contributed by atoms with van der Waals surface area (Å²) in [7, 11) is 0. The minimum atomic E-state index is -4.48. The van der Waals surface area contributed by atoms with E-state index in [1.165, 1.54) is 13.0 Å². The van der Waals surface area contributed by atoms with Crippen molar-refractivity contribution in [2.45, 2.75) is 38.1 Å². The molecule has 1 aliphatic carbocycles. The van der Waals surface area contributed by atoms with E-state index in [1.807, 2.05) is 6.07 Å². The summed E-state index contributed by atoms with van der Waals surface area (Å²) >= 11 is 0. The van der Waals surface area contributed by atoms with Crippen LogP contribution in [0.1, 0.15) is 41.2 Å². The van der Waals surface area contributed by atoms with Crippen LogP contribution in [0.15, 0.2) is 54.4 Å². The van der Waals surface area contributed by atoms with E-state index in [0.29, 0.717) is 5.56 Å². The van der Waals surface area contributed by atoms with Crippen molar-refractivity contribution in [3.05, 3.63) is 76.7 Å². The Morgan fingerprint density at radius 3 is 2.41 bits per heavy atom. The normalized spacial score (nSPS) is 20.0. The lowest BCUT2D eigenvalue weighted by Crippen LogP contribution is -2.17. The molecule has 0 bridgehead atoms. The van der Waals surface area contributed by atoms with Crippen molar-refractivity contribution < 1.29 is 22.7 Å². The molecule has 0 amide bonds. The third-order valence-corrected chi connectivity index (χ3v) is 4.79. The summed E-state index contributed by atoms with van der Waals surface area (Å²) in [5, 5.41) is 3.16. The lowest BCUT2D eigenvalue weighted by molar-refractivity contribution is -0.138. The van der Waals surface area contributed by atoms with Crippen molar-refractivity contribution in [1.29, 1.82) is 0 Å². The van der Waals surface area contributed by atoms with Crippen LogP contribution < -0.4 is 5.32 Å². The first-order valence-corrected chi connectivity index (χ1v) is 8.79. The predicted molar refractivity (Wildman–Crippen MR) is 94.5 cm³/mol. The lowest BCUT2D eigenvalue weighted by Gasteiger charge is -2.13. The van der Waals surface area contributed by atoms with Crippen molar-refractivity contribution in [2.75, 3.05) is 0 Å². The average molecular weight is 373 g/mol. The molecule has 1 heterocycles. The van der Waals surface area contributed by atoms with Gasteiger partial charge in [0.2, 0.25) is 5.78 Å². The van der Waals surface area contributed by atoms with E-state index >= 15 is 0 Å². The van der Waals surface area contributed by atoms with E-state index < -0.39 is 17.8 Å². The largest absolute Gasteiger partial charge is 0.462 e. The van der Waals surface area contributed by atoms with Crippen LogP contribution in [0.3, 0.4) is 0 Å². The molecule has 0 radical (unpaired) electrons. The van der Waals surface area contributed by atoms with Crippen LogP contribution in [-0.2, 0) is 15.7 Å². The van der Waals surface area contributed by atoms with Crippen LogP contribution in [0.5, 0.6) is 0 Å². The summed E-state index contributed by atoms with van der Waals surface area (Å²) in [6.45, 7) is 1.41. The monoisotopic (exact) mass is 373 g/mol. The van der Waals surface area contributed by atoms with E-state index in [1.54, 1.807) is 30.3 Å². The summed E-state index contributed by atoms with van der Waals surface area (Å²) in [6, 6.07) is 13.1.